The first-order chi connectivity index (χ1) is 10.9. The molecule has 1 N–H and O–H groups in total. The fourth-order valence-electron chi connectivity index (χ4n) is 2.81. The maximum Gasteiger partial charge on any atom is 0.127 e. The Morgan fingerprint density at radius 1 is 0.917 bits per heavy atom. The maximum atomic E-state index is 5.84. The van der Waals surface area contributed by atoms with Gasteiger partial charge in [0.05, 0.1) is 6.04 Å². The van der Waals surface area contributed by atoms with Crippen LogP contribution in [0.25, 0.3) is 0 Å². The summed E-state index contributed by atoms with van der Waals surface area (Å²) in [4.78, 5) is 2.45. The van der Waals surface area contributed by atoms with E-state index in [1.807, 2.05) is 48.5 Å². The van der Waals surface area contributed by atoms with E-state index >= 15 is 0 Å². The lowest BCUT2D eigenvalue weighted by Crippen LogP contribution is -2.44. The molecular formula is C19H24Cl2N2O. The molecule has 0 radical (unpaired) electrons. The predicted octanol–water partition coefficient (Wildman–Crippen LogP) is 4.45. The fraction of sp³-hybridized carbons (Fsp3) is 0.263. The van der Waals surface area contributed by atoms with Crippen molar-refractivity contribution in [2.45, 2.75) is 6.04 Å². The smallest absolute Gasteiger partial charge is 0.127 e. The number of hydrogen-bond donors (Lipinski definition) is 1. The molecule has 130 valence electrons. The Morgan fingerprint density at radius 2 is 1.50 bits per heavy atom. The highest BCUT2D eigenvalue weighted by molar-refractivity contribution is 5.85. The average Bonchev–Trinajstić information content (AvgIpc) is 2.59. The van der Waals surface area contributed by atoms with Crippen LogP contribution >= 0.6 is 24.8 Å². The summed E-state index contributed by atoms with van der Waals surface area (Å²) < 4.78 is 5.84. The van der Waals surface area contributed by atoms with Gasteiger partial charge in [0.25, 0.3) is 0 Å². The lowest BCUT2D eigenvalue weighted by Gasteiger charge is -2.33. The second kappa shape index (κ2) is 10.4. The zero-order valence-corrected chi connectivity index (χ0v) is 15.2. The van der Waals surface area contributed by atoms with Crippen LogP contribution in [0.15, 0.2) is 67.3 Å². The Hall–Kier alpha value is -1.52. The topological polar surface area (TPSA) is 24.5 Å². The first-order valence-electron chi connectivity index (χ1n) is 7.77. The molecule has 2 aromatic rings. The predicted molar refractivity (Wildman–Crippen MR) is 105 cm³/mol. The van der Waals surface area contributed by atoms with Crippen LogP contribution in [0.1, 0.15) is 11.6 Å². The van der Waals surface area contributed by atoms with Crippen molar-refractivity contribution in [2.24, 2.45) is 0 Å². The van der Waals surface area contributed by atoms with Gasteiger partial charge >= 0.3 is 0 Å². The molecule has 1 atom stereocenters. The van der Waals surface area contributed by atoms with Gasteiger partial charge in [0.1, 0.15) is 11.5 Å². The van der Waals surface area contributed by atoms with Gasteiger partial charge in [-0.3, -0.25) is 4.90 Å². The van der Waals surface area contributed by atoms with Gasteiger partial charge in [0, 0.05) is 26.2 Å². The van der Waals surface area contributed by atoms with Crippen molar-refractivity contribution in [3.05, 3.63) is 72.8 Å². The summed E-state index contributed by atoms with van der Waals surface area (Å²) in [5, 5.41) is 3.39. The molecular weight excluding hydrogens is 343 g/mol. The molecule has 3 rings (SSSR count). The molecule has 0 unspecified atom stereocenters. The summed E-state index contributed by atoms with van der Waals surface area (Å²) in [6.07, 6.45) is 2.03. The third-order valence-corrected chi connectivity index (χ3v) is 3.97. The molecule has 1 fully saturated rings. The summed E-state index contributed by atoms with van der Waals surface area (Å²) in [5.41, 5.74) is 1.26. The number of halogens is 2. The van der Waals surface area contributed by atoms with Gasteiger partial charge in [-0.2, -0.15) is 0 Å². The highest BCUT2D eigenvalue weighted by Gasteiger charge is 2.19. The molecule has 0 amide bonds. The standard InChI is InChI=1S/C19H22N2O.2ClH/c1-2-19(21-14-12-20-13-15-21)16-8-10-18(11-9-16)22-17-6-4-3-5-7-17;;/h2-11,19-20H,1,12-15H2;2*1H/t19-;;/m1../s1. The van der Waals surface area contributed by atoms with E-state index in [9.17, 15) is 0 Å². The number of rotatable bonds is 5. The Kier molecular flexibility index (Phi) is 8.87. The van der Waals surface area contributed by atoms with Crippen LogP contribution in [0.5, 0.6) is 11.5 Å². The van der Waals surface area contributed by atoms with E-state index in [1.165, 1.54) is 5.56 Å². The van der Waals surface area contributed by atoms with Gasteiger partial charge in [0.15, 0.2) is 0 Å². The number of ether oxygens (including phenoxy) is 1. The molecule has 1 aliphatic rings. The Labute approximate surface area is 156 Å². The SMILES string of the molecule is C=C[C@H](c1ccc(Oc2ccccc2)cc1)N1CCNCC1.Cl.Cl. The number of nitrogens with zero attached hydrogens (tertiary/aromatic N) is 1. The minimum atomic E-state index is 0. The number of benzene rings is 2. The lowest BCUT2D eigenvalue weighted by atomic mass is 10.0. The number of para-hydroxylation sites is 1. The number of nitrogens with one attached hydrogen (secondary N) is 1. The molecule has 0 bridgehead atoms. The van der Waals surface area contributed by atoms with E-state index in [1.54, 1.807) is 0 Å². The molecule has 0 spiro atoms. The third-order valence-electron chi connectivity index (χ3n) is 3.97. The van der Waals surface area contributed by atoms with Crippen molar-refractivity contribution in [3.8, 4) is 11.5 Å². The molecule has 3 nitrogen and oxygen atoms in total. The quantitative estimate of drug-likeness (QED) is 0.790. The summed E-state index contributed by atoms with van der Waals surface area (Å²) in [6.45, 7) is 8.20. The zero-order chi connectivity index (χ0) is 15.2. The summed E-state index contributed by atoms with van der Waals surface area (Å²) in [5.74, 6) is 1.72. The highest BCUT2D eigenvalue weighted by Crippen LogP contribution is 2.26. The molecule has 5 heteroatoms. The fourth-order valence-corrected chi connectivity index (χ4v) is 2.81. The van der Waals surface area contributed by atoms with Gasteiger partial charge in [-0.25, -0.2) is 0 Å². The Balaban J connectivity index is 0.00000144. The second-order valence-electron chi connectivity index (χ2n) is 5.45. The first-order valence-corrected chi connectivity index (χ1v) is 7.77. The molecule has 1 heterocycles. The summed E-state index contributed by atoms with van der Waals surface area (Å²) in [6, 6.07) is 18.4. The molecule has 24 heavy (non-hydrogen) atoms. The minimum Gasteiger partial charge on any atom is -0.457 e. The van der Waals surface area contributed by atoms with Crippen LogP contribution in [0.2, 0.25) is 0 Å². The van der Waals surface area contributed by atoms with Crippen molar-refractivity contribution < 1.29 is 4.74 Å². The van der Waals surface area contributed by atoms with Crippen LogP contribution in [-0.4, -0.2) is 31.1 Å². The van der Waals surface area contributed by atoms with Crippen molar-refractivity contribution in [1.82, 2.24) is 10.2 Å². The van der Waals surface area contributed by atoms with Gasteiger partial charge in [-0.1, -0.05) is 36.4 Å². The highest BCUT2D eigenvalue weighted by atomic mass is 35.5. The van der Waals surface area contributed by atoms with Crippen molar-refractivity contribution in [2.75, 3.05) is 26.2 Å². The molecule has 0 aliphatic carbocycles. The van der Waals surface area contributed by atoms with Gasteiger partial charge in [-0.15, -0.1) is 31.4 Å². The summed E-state index contributed by atoms with van der Waals surface area (Å²) >= 11 is 0. The molecule has 2 aromatic carbocycles. The van der Waals surface area contributed by atoms with E-state index < -0.39 is 0 Å². The van der Waals surface area contributed by atoms with Gasteiger partial charge in [0.2, 0.25) is 0 Å². The Morgan fingerprint density at radius 3 is 2.08 bits per heavy atom. The van der Waals surface area contributed by atoms with Crippen LogP contribution in [0.3, 0.4) is 0 Å². The first kappa shape index (κ1) is 20.5. The van der Waals surface area contributed by atoms with Crippen molar-refractivity contribution >= 4 is 24.8 Å². The number of piperazine rings is 1. The normalized spacial score (nSPS) is 15.5. The maximum absolute atomic E-state index is 5.84. The third kappa shape index (κ3) is 5.25. The molecule has 0 saturated carbocycles. The number of hydrogen-bond acceptors (Lipinski definition) is 3. The second-order valence-corrected chi connectivity index (χ2v) is 5.45. The molecule has 1 aliphatic heterocycles. The van der Waals surface area contributed by atoms with Crippen molar-refractivity contribution in [1.29, 1.82) is 0 Å². The van der Waals surface area contributed by atoms with Crippen molar-refractivity contribution in [3.63, 3.8) is 0 Å². The molecule has 1 saturated heterocycles. The van der Waals surface area contributed by atoms with Crippen LogP contribution < -0.4 is 10.1 Å². The summed E-state index contributed by atoms with van der Waals surface area (Å²) in [7, 11) is 0. The monoisotopic (exact) mass is 366 g/mol. The van der Waals surface area contributed by atoms with Crippen LogP contribution in [0.4, 0.5) is 0 Å². The van der Waals surface area contributed by atoms with E-state index in [2.05, 4.69) is 28.9 Å². The average molecular weight is 367 g/mol. The van der Waals surface area contributed by atoms with E-state index in [0.29, 0.717) is 0 Å². The van der Waals surface area contributed by atoms with E-state index in [0.717, 1.165) is 37.7 Å². The molecule has 0 aromatic heterocycles. The van der Waals surface area contributed by atoms with Crippen LogP contribution in [0, 0.1) is 0 Å². The zero-order valence-electron chi connectivity index (χ0n) is 13.6. The van der Waals surface area contributed by atoms with Crippen LogP contribution in [-0.2, 0) is 0 Å². The van der Waals surface area contributed by atoms with E-state index in [4.69, 9.17) is 4.74 Å². The largest absolute Gasteiger partial charge is 0.457 e. The van der Waals surface area contributed by atoms with Gasteiger partial charge < -0.3 is 10.1 Å². The minimum absolute atomic E-state index is 0. The van der Waals surface area contributed by atoms with E-state index in [-0.39, 0.29) is 30.9 Å². The Bertz CT molecular complexity index is 599. The van der Waals surface area contributed by atoms with Gasteiger partial charge in [-0.05, 0) is 29.8 Å². The lowest BCUT2D eigenvalue weighted by molar-refractivity contribution is 0.203.